The first-order valence-corrected chi connectivity index (χ1v) is 9.24. The first-order chi connectivity index (χ1) is 14.5. The second kappa shape index (κ2) is 12.2. The lowest BCUT2D eigenvalue weighted by molar-refractivity contribution is -0.161. The van der Waals surface area contributed by atoms with Crippen LogP contribution in [0.25, 0.3) is 0 Å². The predicted octanol–water partition coefficient (Wildman–Crippen LogP) is 4.55. The number of alkyl halides is 6. The fourth-order valence-corrected chi connectivity index (χ4v) is 1.87. The molecule has 0 radical (unpaired) electrons. The summed E-state index contributed by atoms with van der Waals surface area (Å²) in [5, 5.41) is 26.0. The number of hydrogen-bond acceptors (Lipinski definition) is 8. The number of rotatable bonds is 12. The van der Waals surface area contributed by atoms with E-state index in [4.69, 9.17) is 0 Å². The Balaban J connectivity index is 4.73. The number of carbonyl (C=O) groups excluding carboxylic acids is 2. The van der Waals surface area contributed by atoms with Crippen LogP contribution in [0, 0.1) is 22.7 Å². The topological polar surface area (TPSA) is 125 Å². The van der Waals surface area contributed by atoms with E-state index in [1.54, 1.807) is 12.1 Å². The predicted molar refractivity (Wildman–Crippen MR) is 94.6 cm³/mol. The van der Waals surface area contributed by atoms with Gasteiger partial charge in [0.1, 0.15) is 0 Å². The molecule has 2 unspecified atom stereocenters. The number of carbonyl (C=O) groups is 2. The molecule has 0 aliphatic carbocycles. The summed E-state index contributed by atoms with van der Waals surface area (Å²) in [7, 11) is 0. The number of nitrogens with zero attached hydrogens (tertiary/aromatic N) is 4. The number of halogens is 6. The highest BCUT2D eigenvalue weighted by molar-refractivity contribution is 5.69. The highest BCUT2D eigenvalue weighted by atomic mass is 19.4. The molecule has 0 saturated carbocycles. The van der Waals surface area contributed by atoms with Crippen molar-refractivity contribution in [1.29, 1.82) is 10.5 Å². The van der Waals surface area contributed by atoms with E-state index in [0.29, 0.717) is 0 Å². The van der Waals surface area contributed by atoms with Crippen molar-refractivity contribution in [3.63, 3.8) is 0 Å². The van der Waals surface area contributed by atoms with Gasteiger partial charge in [-0.3, -0.25) is 9.59 Å². The van der Waals surface area contributed by atoms with Gasteiger partial charge in [-0.15, -0.1) is 0 Å². The van der Waals surface area contributed by atoms with E-state index in [1.807, 2.05) is 0 Å². The van der Waals surface area contributed by atoms with Crippen molar-refractivity contribution in [2.24, 2.45) is 10.2 Å². The van der Waals surface area contributed by atoms with Gasteiger partial charge in [-0.25, -0.2) is 0 Å². The average Bonchev–Trinajstić information content (AvgIpc) is 2.67. The van der Waals surface area contributed by atoms with E-state index in [9.17, 15) is 46.5 Å². The maximum Gasteiger partial charge on any atom is 0.392 e. The Morgan fingerprint density at radius 1 is 0.719 bits per heavy atom. The van der Waals surface area contributed by atoms with E-state index in [1.165, 1.54) is 13.8 Å². The molecule has 14 heteroatoms. The summed E-state index contributed by atoms with van der Waals surface area (Å²) in [5.74, 6) is -1.95. The first kappa shape index (κ1) is 29.1. The summed E-state index contributed by atoms with van der Waals surface area (Å²) >= 11 is 0. The van der Waals surface area contributed by atoms with Crippen molar-refractivity contribution in [2.75, 3.05) is 13.2 Å². The second-order valence-electron chi connectivity index (χ2n) is 7.14. The lowest BCUT2D eigenvalue weighted by Crippen LogP contribution is -2.26. The van der Waals surface area contributed by atoms with Crippen LogP contribution < -0.4 is 0 Å². The normalized spacial score (nSPS) is 15.8. The lowest BCUT2D eigenvalue weighted by atomic mass is 9.97. The van der Waals surface area contributed by atoms with Crippen LogP contribution in [0.15, 0.2) is 10.2 Å². The molecule has 0 bridgehead atoms. The van der Waals surface area contributed by atoms with Crippen LogP contribution in [0.2, 0.25) is 0 Å². The van der Waals surface area contributed by atoms with Crippen LogP contribution in [0.4, 0.5) is 26.3 Å². The first-order valence-electron chi connectivity index (χ1n) is 9.24. The summed E-state index contributed by atoms with van der Waals surface area (Å²) < 4.78 is 81.1. The summed E-state index contributed by atoms with van der Waals surface area (Å²) in [5.41, 5.74) is -3.23. The fourth-order valence-electron chi connectivity index (χ4n) is 1.87. The third-order valence-corrected chi connectivity index (χ3v) is 3.90. The van der Waals surface area contributed by atoms with Crippen molar-refractivity contribution in [3.8, 4) is 12.1 Å². The lowest BCUT2D eigenvalue weighted by Gasteiger charge is -2.19. The van der Waals surface area contributed by atoms with Gasteiger partial charge in [-0.1, -0.05) is 0 Å². The van der Waals surface area contributed by atoms with Gasteiger partial charge < -0.3 is 9.47 Å². The molecule has 0 spiro atoms. The summed E-state index contributed by atoms with van der Waals surface area (Å²) in [4.78, 5) is 23.1. The smallest absolute Gasteiger partial charge is 0.392 e. The molecule has 0 aliphatic rings. The van der Waals surface area contributed by atoms with Crippen molar-refractivity contribution < 1.29 is 45.4 Å². The molecule has 180 valence electrons. The van der Waals surface area contributed by atoms with E-state index < -0.39 is 74.3 Å². The minimum absolute atomic E-state index is 0.265. The van der Waals surface area contributed by atoms with Crippen LogP contribution in [0.3, 0.4) is 0 Å². The highest BCUT2D eigenvalue weighted by Gasteiger charge is 2.31. The summed E-state index contributed by atoms with van der Waals surface area (Å²) in [6.45, 7) is 0.808. The molecule has 0 fully saturated rings. The number of nitriles is 2. The zero-order chi connectivity index (χ0) is 25.1. The monoisotopic (exact) mass is 472 g/mol. The third-order valence-electron chi connectivity index (χ3n) is 3.90. The van der Waals surface area contributed by atoms with Crippen molar-refractivity contribution in [1.82, 2.24) is 0 Å². The van der Waals surface area contributed by atoms with E-state index >= 15 is 0 Å². The van der Waals surface area contributed by atoms with Gasteiger partial charge in [0, 0.05) is 12.8 Å². The Bertz CT molecular complexity index is 695. The molecule has 0 amide bonds. The van der Waals surface area contributed by atoms with Gasteiger partial charge in [-0.05, 0) is 26.7 Å². The van der Waals surface area contributed by atoms with Gasteiger partial charge in [0.2, 0.25) is 0 Å². The van der Waals surface area contributed by atoms with Gasteiger partial charge >= 0.3 is 24.3 Å². The molecule has 0 N–H and O–H groups in total. The summed E-state index contributed by atoms with van der Waals surface area (Å²) in [6, 6.07) is 3.52. The molecule has 0 aromatic heterocycles. The highest BCUT2D eigenvalue weighted by Crippen LogP contribution is 2.25. The Morgan fingerprint density at radius 2 is 1.03 bits per heavy atom. The number of esters is 2. The fraction of sp³-hybridized carbons (Fsp3) is 0.778. The van der Waals surface area contributed by atoms with Gasteiger partial charge in [0.25, 0.3) is 0 Å². The van der Waals surface area contributed by atoms with E-state index in [2.05, 4.69) is 19.7 Å². The minimum Gasteiger partial charge on any atom is -0.465 e. The van der Waals surface area contributed by atoms with Gasteiger partial charge in [0.15, 0.2) is 11.1 Å². The largest absolute Gasteiger partial charge is 0.465 e. The van der Waals surface area contributed by atoms with Crippen molar-refractivity contribution >= 4 is 11.9 Å². The second-order valence-corrected chi connectivity index (χ2v) is 7.14. The minimum atomic E-state index is -4.48. The molecule has 0 heterocycles. The standard InChI is InChI=1S/C18H22F6N4O4/c1-15(11-25,5-3-13(29)31-9-7-17(19,20)21)27-28-16(2,12-26)6-4-14(30)32-10-8-18(22,23)24/h3-10H2,1-2H3. The van der Waals surface area contributed by atoms with Crippen LogP contribution in [0.1, 0.15) is 52.4 Å². The maximum atomic E-state index is 12.0. The number of azo groups is 1. The molecule has 0 rings (SSSR count). The average molecular weight is 472 g/mol. The molecule has 8 nitrogen and oxygen atoms in total. The van der Waals surface area contributed by atoms with Crippen LogP contribution in [-0.4, -0.2) is 48.6 Å². The Kier molecular flexibility index (Phi) is 11.1. The van der Waals surface area contributed by atoms with E-state index in [0.717, 1.165) is 0 Å². The Labute approximate surface area is 180 Å². The van der Waals surface area contributed by atoms with Crippen molar-refractivity contribution in [2.45, 2.75) is 75.8 Å². The maximum absolute atomic E-state index is 12.0. The molecular formula is C18H22F6N4O4. The molecule has 0 aromatic carbocycles. The zero-order valence-corrected chi connectivity index (χ0v) is 17.3. The molecule has 0 saturated heterocycles. The van der Waals surface area contributed by atoms with Crippen LogP contribution in [0.5, 0.6) is 0 Å². The van der Waals surface area contributed by atoms with Gasteiger partial charge in [0.05, 0.1) is 38.2 Å². The quantitative estimate of drug-likeness (QED) is 0.233. The summed E-state index contributed by atoms with van der Waals surface area (Å²) in [6.07, 6.45) is -13.0. The SMILES string of the molecule is CC(C#N)(CCC(=O)OCCC(F)(F)F)N=NC(C)(C#N)CCC(=O)OCCC(F)(F)F. The molecule has 2 atom stereocenters. The molecular weight excluding hydrogens is 450 g/mol. The Morgan fingerprint density at radius 3 is 1.28 bits per heavy atom. The number of hydrogen-bond donors (Lipinski definition) is 0. The van der Waals surface area contributed by atoms with Crippen LogP contribution >= 0.6 is 0 Å². The van der Waals surface area contributed by atoms with Crippen molar-refractivity contribution in [3.05, 3.63) is 0 Å². The molecule has 32 heavy (non-hydrogen) atoms. The van der Waals surface area contributed by atoms with E-state index in [-0.39, 0.29) is 12.8 Å². The zero-order valence-electron chi connectivity index (χ0n) is 17.3. The third kappa shape index (κ3) is 14.2. The number of ether oxygens (including phenoxy) is 2. The van der Waals surface area contributed by atoms with Crippen LogP contribution in [-0.2, 0) is 19.1 Å². The Hall–Kier alpha value is -2.90. The van der Waals surface area contributed by atoms with Gasteiger partial charge in [-0.2, -0.15) is 47.1 Å². The molecule has 0 aliphatic heterocycles. The molecule has 0 aromatic rings.